The monoisotopic (exact) mass is 521 g/mol. The second kappa shape index (κ2) is 10.2. The van der Waals surface area contributed by atoms with E-state index in [2.05, 4.69) is 15.3 Å². The Bertz CT molecular complexity index is 1310. The van der Waals surface area contributed by atoms with Gasteiger partial charge in [0.25, 0.3) is 10.2 Å². The predicted molar refractivity (Wildman–Crippen MR) is 131 cm³/mol. The lowest BCUT2D eigenvalue weighted by atomic mass is 10.1. The Labute approximate surface area is 208 Å². The van der Waals surface area contributed by atoms with Crippen LogP contribution < -0.4 is 10.1 Å². The van der Waals surface area contributed by atoms with Crippen LogP contribution in [0.5, 0.6) is 5.75 Å². The molecule has 0 unspecified atom stereocenters. The summed E-state index contributed by atoms with van der Waals surface area (Å²) in [6.07, 6.45) is 2.51. The average Bonchev–Trinajstić information content (AvgIpc) is 2.87. The molecule has 0 bridgehead atoms. The van der Waals surface area contributed by atoms with E-state index in [0.29, 0.717) is 69.5 Å². The number of aromatic nitrogens is 2. The molecule has 9 nitrogen and oxygen atoms in total. The third-order valence-corrected chi connectivity index (χ3v) is 8.44. The molecule has 5 rings (SSSR count). The van der Waals surface area contributed by atoms with Crippen molar-refractivity contribution in [1.29, 1.82) is 0 Å². The summed E-state index contributed by atoms with van der Waals surface area (Å²) in [7, 11) is -3.48. The number of benzene rings is 2. The van der Waals surface area contributed by atoms with Crippen LogP contribution in [-0.2, 0) is 14.9 Å². The highest BCUT2D eigenvalue weighted by Crippen LogP contribution is 2.30. The molecule has 1 N–H and O–H groups in total. The Hall–Kier alpha value is -2.57. The van der Waals surface area contributed by atoms with Gasteiger partial charge in [0.15, 0.2) is 0 Å². The van der Waals surface area contributed by atoms with E-state index >= 15 is 0 Å². The van der Waals surface area contributed by atoms with Crippen molar-refractivity contribution in [1.82, 2.24) is 18.6 Å². The smallest absolute Gasteiger partial charge is 0.282 e. The molecule has 0 spiro atoms. The number of hydrogen-bond donors (Lipinski definition) is 1. The van der Waals surface area contributed by atoms with Crippen LogP contribution >= 0.6 is 11.6 Å². The number of hydrogen-bond acceptors (Lipinski definition) is 7. The fourth-order valence-corrected chi connectivity index (χ4v) is 6.02. The Morgan fingerprint density at radius 2 is 1.77 bits per heavy atom. The van der Waals surface area contributed by atoms with Gasteiger partial charge in [-0.25, -0.2) is 14.4 Å². The molecule has 2 saturated heterocycles. The number of ether oxygens (including phenoxy) is 2. The van der Waals surface area contributed by atoms with Crippen LogP contribution in [-0.4, -0.2) is 72.5 Å². The quantitative estimate of drug-likeness (QED) is 0.529. The van der Waals surface area contributed by atoms with Gasteiger partial charge in [-0.3, -0.25) is 0 Å². The molecule has 35 heavy (non-hydrogen) atoms. The molecule has 3 aromatic rings. The summed E-state index contributed by atoms with van der Waals surface area (Å²) in [5.74, 6) is 0.681. The van der Waals surface area contributed by atoms with Crippen LogP contribution in [0.15, 0.2) is 42.7 Å². The van der Waals surface area contributed by atoms with Crippen LogP contribution in [0.1, 0.15) is 12.8 Å². The molecule has 2 aliphatic rings. The SMILES string of the molecule is O=S(=O)(N1CCOCC1)N1CCC(Oc2ccc3ncnc(Nc4ccc(F)c(Cl)c4)c3c2)CC1. The van der Waals surface area contributed by atoms with E-state index in [0.717, 1.165) is 10.9 Å². The molecule has 0 amide bonds. The number of nitrogens with one attached hydrogen (secondary N) is 1. The molecule has 0 atom stereocenters. The van der Waals surface area contributed by atoms with Gasteiger partial charge in [0.05, 0.1) is 23.8 Å². The van der Waals surface area contributed by atoms with Crippen LogP contribution in [0.4, 0.5) is 15.9 Å². The van der Waals surface area contributed by atoms with Gasteiger partial charge in [-0.2, -0.15) is 17.0 Å². The lowest BCUT2D eigenvalue weighted by Crippen LogP contribution is -2.51. The third-order valence-electron chi connectivity index (χ3n) is 6.12. The largest absolute Gasteiger partial charge is 0.490 e. The van der Waals surface area contributed by atoms with E-state index < -0.39 is 16.0 Å². The van der Waals surface area contributed by atoms with Crippen molar-refractivity contribution in [3.8, 4) is 5.75 Å². The second-order valence-corrected chi connectivity index (χ2v) is 10.7. The second-order valence-electron chi connectivity index (χ2n) is 8.39. The fourth-order valence-electron chi connectivity index (χ4n) is 4.23. The van der Waals surface area contributed by atoms with E-state index in [1.165, 1.54) is 27.1 Å². The topological polar surface area (TPSA) is 96.9 Å². The van der Waals surface area contributed by atoms with Gasteiger partial charge in [0, 0.05) is 37.3 Å². The number of morpholine rings is 1. The van der Waals surface area contributed by atoms with Gasteiger partial charge < -0.3 is 14.8 Å². The van der Waals surface area contributed by atoms with Gasteiger partial charge in [-0.15, -0.1) is 0 Å². The molecular formula is C23H25ClFN5O4S. The Morgan fingerprint density at radius 3 is 2.51 bits per heavy atom. The molecule has 1 aromatic heterocycles. The normalized spacial score (nSPS) is 18.6. The molecule has 0 saturated carbocycles. The van der Waals surface area contributed by atoms with E-state index in [4.69, 9.17) is 21.1 Å². The van der Waals surface area contributed by atoms with Gasteiger partial charge in [0.2, 0.25) is 0 Å². The van der Waals surface area contributed by atoms with E-state index in [9.17, 15) is 12.8 Å². The first-order valence-corrected chi connectivity index (χ1v) is 13.1. The molecular weight excluding hydrogens is 497 g/mol. The number of fused-ring (bicyclic) bond motifs is 1. The molecule has 3 heterocycles. The van der Waals surface area contributed by atoms with E-state index in [1.807, 2.05) is 18.2 Å². The van der Waals surface area contributed by atoms with Gasteiger partial charge in [-0.1, -0.05) is 11.6 Å². The standard InChI is InChI=1S/C23H25ClFN5O4S/c24-20-13-16(1-3-21(20)25)28-23-19-14-18(2-4-22(19)26-15-27-23)34-17-5-7-29(8-6-17)35(31,32)30-9-11-33-12-10-30/h1-4,13-15,17H,5-12H2,(H,26,27,28). The van der Waals surface area contributed by atoms with Crippen molar-refractivity contribution in [2.45, 2.75) is 18.9 Å². The minimum Gasteiger partial charge on any atom is -0.490 e. The summed E-state index contributed by atoms with van der Waals surface area (Å²) in [6, 6.07) is 9.88. The summed E-state index contributed by atoms with van der Waals surface area (Å²) in [4.78, 5) is 8.63. The van der Waals surface area contributed by atoms with Crippen molar-refractivity contribution in [3.05, 3.63) is 53.6 Å². The molecule has 0 radical (unpaired) electrons. The van der Waals surface area contributed by atoms with Gasteiger partial charge in [-0.05, 0) is 49.2 Å². The first-order valence-electron chi connectivity index (χ1n) is 11.4. The molecule has 2 aromatic carbocycles. The zero-order valence-electron chi connectivity index (χ0n) is 18.9. The Balaban J connectivity index is 1.27. The first kappa shape index (κ1) is 24.1. The predicted octanol–water partition coefficient (Wildman–Crippen LogP) is 3.59. The van der Waals surface area contributed by atoms with E-state index in [1.54, 1.807) is 6.07 Å². The summed E-state index contributed by atoms with van der Waals surface area (Å²) in [5, 5.41) is 3.90. The van der Waals surface area contributed by atoms with Crippen molar-refractivity contribution < 1.29 is 22.3 Å². The van der Waals surface area contributed by atoms with E-state index in [-0.39, 0.29) is 11.1 Å². The number of rotatable bonds is 6. The third kappa shape index (κ3) is 5.34. The highest BCUT2D eigenvalue weighted by atomic mass is 35.5. The zero-order valence-corrected chi connectivity index (χ0v) is 20.4. The van der Waals surface area contributed by atoms with Crippen molar-refractivity contribution in [2.75, 3.05) is 44.7 Å². The van der Waals surface area contributed by atoms with Crippen LogP contribution in [0.2, 0.25) is 5.02 Å². The maximum absolute atomic E-state index is 13.5. The lowest BCUT2D eigenvalue weighted by molar-refractivity contribution is 0.0677. The first-order chi connectivity index (χ1) is 16.9. The minimum atomic E-state index is -3.48. The maximum Gasteiger partial charge on any atom is 0.282 e. The van der Waals surface area contributed by atoms with Crippen LogP contribution in [0, 0.1) is 5.82 Å². The minimum absolute atomic E-state index is 0.0133. The van der Waals surface area contributed by atoms with Crippen molar-refractivity contribution in [2.24, 2.45) is 0 Å². The fraction of sp³-hybridized carbons (Fsp3) is 0.391. The van der Waals surface area contributed by atoms with Crippen LogP contribution in [0.3, 0.4) is 0 Å². The molecule has 12 heteroatoms. The van der Waals surface area contributed by atoms with Crippen molar-refractivity contribution >= 4 is 44.2 Å². The highest BCUT2D eigenvalue weighted by Gasteiger charge is 2.34. The summed E-state index contributed by atoms with van der Waals surface area (Å²) in [5.41, 5.74) is 1.31. The Morgan fingerprint density at radius 1 is 1.03 bits per heavy atom. The number of piperidine rings is 1. The molecule has 186 valence electrons. The molecule has 0 aliphatic carbocycles. The maximum atomic E-state index is 13.5. The lowest BCUT2D eigenvalue weighted by Gasteiger charge is -2.36. The number of anilines is 2. The van der Waals surface area contributed by atoms with Gasteiger partial charge >= 0.3 is 0 Å². The number of halogens is 2. The zero-order chi connectivity index (χ0) is 24.4. The van der Waals surface area contributed by atoms with Crippen LogP contribution in [0.25, 0.3) is 10.9 Å². The summed E-state index contributed by atoms with van der Waals surface area (Å²) in [6.45, 7) is 2.43. The Kier molecular flexibility index (Phi) is 7.03. The summed E-state index contributed by atoms with van der Waals surface area (Å²) < 4.78 is 53.8. The average molecular weight is 522 g/mol. The van der Waals surface area contributed by atoms with Gasteiger partial charge in [0.1, 0.15) is 29.8 Å². The highest BCUT2D eigenvalue weighted by molar-refractivity contribution is 7.86. The summed E-state index contributed by atoms with van der Waals surface area (Å²) >= 11 is 5.90. The molecule has 2 fully saturated rings. The molecule has 2 aliphatic heterocycles. The van der Waals surface area contributed by atoms with Crippen molar-refractivity contribution in [3.63, 3.8) is 0 Å². The number of nitrogens with zero attached hydrogens (tertiary/aromatic N) is 4.